The number of nitriles is 1. The molecule has 0 aromatic carbocycles. The molecule has 0 radical (unpaired) electrons. The van der Waals surface area contributed by atoms with Gasteiger partial charge in [0, 0.05) is 6.54 Å². The lowest BCUT2D eigenvalue weighted by Gasteiger charge is -2.15. The Hall–Kier alpha value is -0.590. The van der Waals surface area contributed by atoms with Crippen LogP contribution in [-0.2, 0) is 0 Å². The highest BCUT2D eigenvalue weighted by atomic mass is 16.3. The lowest BCUT2D eigenvalue weighted by molar-refractivity contribution is 0.160. The Balaban J connectivity index is 3.32. The lowest BCUT2D eigenvalue weighted by Crippen LogP contribution is -2.27. The van der Waals surface area contributed by atoms with Gasteiger partial charge in [0.05, 0.1) is 17.6 Å². The first kappa shape index (κ1) is 15.4. The normalized spacial score (nSPS) is 13.4. The number of hydrogen-bond donors (Lipinski definition) is 2. The van der Waals surface area contributed by atoms with Gasteiger partial charge in [-0.05, 0) is 39.7 Å². The summed E-state index contributed by atoms with van der Waals surface area (Å²) in [6.45, 7) is 7.65. The maximum absolute atomic E-state index is 9.47. The minimum atomic E-state index is -0.208. The topological polar surface area (TPSA) is 56.0 Å². The molecule has 0 aliphatic carbocycles. The van der Waals surface area contributed by atoms with Crippen molar-refractivity contribution in [2.24, 2.45) is 5.41 Å². The van der Waals surface area contributed by atoms with E-state index >= 15 is 0 Å². The Morgan fingerprint density at radius 1 is 1.38 bits per heavy atom. The van der Waals surface area contributed by atoms with Crippen molar-refractivity contribution in [3.63, 3.8) is 0 Å². The van der Waals surface area contributed by atoms with E-state index in [9.17, 15) is 5.11 Å². The summed E-state index contributed by atoms with van der Waals surface area (Å²) in [6.07, 6.45) is 4.78. The van der Waals surface area contributed by atoms with Gasteiger partial charge in [0.25, 0.3) is 0 Å². The molecule has 0 rings (SSSR count). The first-order valence-corrected chi connectivity index (χ1v) is 6.32. The molecule has 0 aliphatic rings. The van der Waals surface area contributed by atoms with E-state index in [2.05, 4.69) is 18.3 Å². The van der Waals surface area contributed by atoms with Crippen molar-refractivity contribution in [1.82, 2.24) is 5.32 Å². The van der Waals surface area contributed by atoms with E-state index in [-0.39, 0.29) is 11.5 Å². The minimum absolute atomic E-state index is 0.193. The number of aliphatic hydroxyl groups is 1. The number of aliphatic hydroxyl groups excluding tert-OH is 1. The first-order valence-electron chi connectivity index (χ1n) is 6.32. The second-order valence-electron chi connectivity index (χ2n) is 5.10. The number of unbranched alkanes of at least 4 members (excludes halogenated alkanes) is 1. The van der Waals surface area contributed by atoms with Crippen molar-refractivity contribution < 1.29 is 5.11 Å². The molecular formula is C13H26N2O. The van der Waals surface area contributed by atoms with Gasteiger partial charge in [-0.3, -0.25) is 0 Å². The van der Waals surface area contributed by atoms with Crippen LogP contribution in [0.2, 0.25) is 0 Å². The SMILES string of the molecule is CCCC(O)CNCCCCC(C)(C)C#N. The third kappa shape index (κ3) is 8.70. The molecular weight excluding hydrogens is 200 g/mol. The van der Waals surface area contributed by atoms with Gasteiger partial charge in [-0.15, -0.1) is 0 Å². The number of nitrogens with zero attached hydrogens (tertiary/aromatic N) is 1. The zero-order chi connectivity index (χ0) is 12.4. The summed E-state index contributed by atoms with van der Waals surface area (Å²) in [6, 6.07) is 2.31. The van der Waals surface area contributed by atoms with E-state index in [1.54, 1.807) is 0 Å². The largest absolute Gasteiger partial charge is 0.392 e. The summed E-state index contributed by atoms with van der Waals surface area (Å²) in [4.78, 5) is 0. The minimum Gasteiger partial charge on any atom is -0.392 e. The fourth-order valence-corrected chi connectivity index (χ4v) is 1.58. The monoisotopic (exact) mass is 226 g/mol. The molecule has 0 saturated heterocycles. The zero-order valence-corrected chi connectivity index (χ0v) is 10.9. The second-order valence-corrected chi connectivity index (χ2v) is 5.10. The van der Waals surface area contributed by atoms with Gasteiger partial charge in [-0.25, -0.2) is 0 Å². The van der Waals surface area contributed by atoms with Gasteiger partial charge in [0.2, 0.25) is 0 Å². The Kier molecular flexibility index (Phi) is 8.23. The maximum Gasteiger partial charge on any atom is 0.0683 e. The second kappa shape index (κ2) is 8.55. The van der Waals surface area contributed by atoms with Crippen molar-refractivity contribution in [3.8, 4) is 6.07 Å². The van der Waals surface area contributed by atoms with Gasteiger partial charge < -0.3 is 10.4 Å². The van der Waals surface area contributed by atoms with Crippen LogP contribution in [0.4, 0.5) is 0 Å². The summed E-state index contributed by atoms with van der Waals surface area (Å²) >= 11 is 0. The van der Waals surface area contributed by atoms with E-state index in [1.165, 1.54) is 0 Å². The number of hydrogen-bond acceptors (Lipinski definition) is 3. The molecule has 1 atom stereocenters. The van der Waals surface area contributed by atoms with E-state index in [1.807, 2.05) is 13.8 Å². The molecule has 3 heteroatoms. The Morgan fingerprint density at radius 3 is 2.62 bits per heavy atom. The fraction of sp³-hybridized carbons (Fsp3) is 0.923. The zero-order valence-electron chi connectivity index (χ0n) is 10.9. The molecule has 0 spiro atoms. The average molecular weight is 226 g/mol. The molecule has 3 nitrogen and oxygen atoms in total. The molecule has 2 N–H and O–H groups in total. The Labute approximate surface area is 99.9 Å². The molecule has 0 bridgehead atoms. The number of nitrogens with one attached hydrogen (secondary N) is 1. The summed E-state index contributed by atoms with van der Waals surface area (Å²) in [5.74, 6) is 0. The Morgan fingerprint density at radius 2 is 2.06 bits per heavy atom. The first-order chi connectivity index (χ1) is 7.52. The molecule has 1 unspecified atom stereocenters. The molecule has 0 heterocycles. The van der Waals surface area contributed by atoms with Gasteiger partial charge in [0.15, 0.2) is 0 Å². The highest BCUT2D eigenvalue weighted by Crippen LogP contribution is 2.21. The highest BCUT2D eigenvalue weighted by Gasteiger charge is 2.15. The van der Waals surface area contributed by atoms with Gasteiger partial charge >= 0.3 is 0 Å². The maximum atomic E-state index is 9.47. The summed E-state index contributed by atoms with van der Waals surface area (Å²) in [5, 5.41) is 21.5. The highest BCUT2D eigenvalue weighted by molar-refractivity contribution is 4.91. The molecule has 0 aromatic heterocycles. The van der Waals surface area contributed by atoms with Crippen molar-refractivity contribution in [3.05, 3.63) is 0 Å². The quantitative estimate of drug-likeness (QED) is 0.594. The van der Waals surface area contributed by atoms with Crippen molar-refractivity contribution in [2.45, 2.75) is 59.0 Å². The number of rotatable bonds is 9. The summed E-state index contributed by atoms with van der Waals surface area (Å²) < 4.78 is 0. The van der Waals surface area contributed by atoms with Gasteiger partial charge in [-0.1, -0.05) is 19.8 Å². The molecule has 0 amide bonds. The summed E-state index contributed by atoms with van der Waals surface area (Å²) in [7, 11) is 0. The van der Waals surface area contributed by atoms with E-state index in [4.69, 9.17) is 5.26 Å². The molecule has 0 aliphatic heterocycles. The van der Waals surface area contributed by atoms with E-state index in [0.29, 0.717) is 6.54 Å². The van der Waals surface area contributed by atoms with Crippen LogP contribution >= 0.6 is 0 Å². The summed E-state index contributed by atoms with van der Waals surface area (Å²) in [5.41, 5.74) is -0.193. The molecule has 16 heavy (non-hydrogen) atoms. The van der Waals surface area contributed by atoms with Crippen LogP contribution in [0.3, 0.4) is 0 Å². The third-order valence-electron chi connectivity index (χ3n) is 2.71. The Bertz CT molecular complexity index is 208. The van der Waals surface area contributed by atoms with Crippen molar-refractivity contribution in [1.29, 1.82) is 5.26 Å². The van der Waals surface area contributed by atoms with Crippen LogP contribution in [-0.4, -0.2) is 24.3 Å². The van der Waals surface area contributed by atoms with Crippen LogP contribution in [0.15, 0.2) is 0 Å². The van der Waals surface area contributed by atoms with Gasteiger partial charge in [0.1, 0.15) is 0 Å². The van der Waals surface area contributed by atoms with Crippen LogP contribution in [0.1, 0.15) is 52.9 Å². The van der Waals surface area contributed by atoms with Crippen molar-refractivity contribution >= 4 is 0 Å². The fourth-order valence-electron chi connectivity index (χ4n) is 1.58. The van der Waals surface area contributed by atoms with Crippen LogP contribution in [0, 0.1) is 16.7 Å². The molecule has 0 saturated carbocycles. The predicted molar refractivity (Wildman–Crippen MR) is 67.0 cm³/mol. The van der Waals surface area contributed by atoms with Crippen LogP contribution in [0.25, 0.3) is 0 Å². The van der Waals surface area contributed by atoms with E-state index < -0.39 is 0 Å². The molecule has 0 fully saturated rings. The van der Waals surface area contributed by atoms with Crippen LogP contribution in [0.5, 0.6) is 0 Å². The lowest BCUT2D eigenvalue weighted by atomic mass is 9.89. The third-order valence-corrected chi connectivity index (χ3v) is 2.71. The molecule has 94 valence electrons. The smallest absolute Gasteiger partial charge is 0.0683 e. The van der Waals surface area contributed by atoms with Crippen molar-refractivity contribution in [2.75, 3.05) is 13.1 Å². The standard InChI is InChI=1S/C13H26N2O/c1-4-7-12(16)10-15-9-6-5-8-13(2,3)11-14/h12,15-16H,4-10H2,1-3H3. The van der Waals surface area contributed by atoms with Crippen LogP contribution < -0.4 is 5.32 Å². The van der Waals surface area contributed by atoms with Gasteiger partial charge in [-0.2, -0.15) is 5.26 Å². The van der Waals surface area contributed by atoms with E-state index in [0.717, 1.165) is 38.6 Å². The molecule has 0 aromatic rings. The average Bonchev–Trinajstić information content (AvgIpc) is 2.23. The predicted octanol–water partition coefficient (Wildman–Crippen LogP) is 2.46.